The molecule has 0 radical (unpaired) electrons. The number of hydrogen-bond donors (Lipinski definition) is 1. The van der Waals surface area contributed by atoms with Crippen molar-refractivity contribution >= 4 is 0 Å². The molecule has 1 aromatic rings. The number of aliphatic hydroxyl groups excluding tert-OH is 1. The van der Waals surface area contributed by atoms with E-state index < -0.39 is 6.10 Å². The van der Waals surface area contributed by atoms with E-state index in [4.69, 9.17) is 10.00 Å². The Morgan fingerprint density at radius 2 is 2.07 bits per heavy atom. The van der Waals surface area contributed by atoms with Crippen molar-refractivity contribution < 1.29 is 9.84 Å². The molecule has 3 heteroatoms. The monoisotopic (exact) mass is 205 g/mol. The fraction of sp³-hybridized carbons (Fsp3) is 0.417. The fourth-order valence-corrected chi connectivity index (χ4v) is 1.18. The lowest BCUT2D eigenvalue weighted by molar-refractivity contribution is 0.199. The quantitative estimate of drug-likeness (QED) is 0.751. The van der Waals surface area contributed by atoms with Gasteiger partial charge in [-0.05, 0) is 31.0 Å². The maximum Gasteiger partial charge on any atom is 0.119 e. The van der Waals surface area contributed by atoms with Crippen molar-refractivity contribution in [2.75, 3.05) is 6.61 Å². The minimum atomic E-state index is -0.447. The van der Waals surface area contributed by atoms with Gasteiger partial charge in [-0.25, -0.2) is 0 Å². The SMILES string of the molecule is CC(O)c1ccc(OCCCC#N)cc1. The minimum Gasteiger partial charge on any atom is -0.494 e. The van der Waals surface area contributed by atoms with Crippen LogP contribution in [0.25, 0.3) is 0 Å². The molecule has 0 fully saturated rings. The third-order valence-electron chi connectivity index (χ3n) is 2.06. The summed E-state index contributed by atoms with van der Waals surface area (Å²) in [5.74, 6) is 0.775. The number of rotatable bonds is 5. The van der Waals surface area contributed by atoms with Crippen molar-refractivity contribution in [3.05, 3.63) is 29.8 Å². The predicted octanol–water partition coefficient (Wildman–Crippen LogP) is 2.42. The average molecular weight is 205 g/mol. The zero-order valence-corrected chi connectivity index (χ0v) is 8.81. The van der Waals surface area contributed by atoms with Gasteiger partial charge in [-0.3, -0.25) is 0 Å². The second-order valence-electron chi connectivity index (χ2n) is 3.36. The van der Waals surface area contributed by atoms with Crippen LogP contribution in [0.5, 0.6) is 5.75 Å². The summed E-state index contributed by atoms with van der Waals surface area (Å²) in [5.41, 5.74) is 0.874. The van der Waals surface area contributed by atoms with Crippen LogP contribution in [0, 0.1) is 11.3 Å². The molecule has 0 aliphatic rings. The Bertz CT molecular complexity index is 324. The van der Waals surface area contributed by atoms with Crippen LogP contribution in [0.15, 0.2) is 24.3 Å². The molecule has 1 unspecified atom stereocenters. The van der Waals surface area contributed by atoms with Gasteiger partial charge in [0.25, 0.3) is 0 Å². The van der Waals surface area contributed by atoms with E-state index in [1.54, 1.807) is 6.92 Å². The predicted molar refractivity (Wildman–Crippen MR) is 57.4 cm³/mol. The maximum absolute atomic E-state index is 9.28. The first-order chi connectivity index (χ1) is 7.24. The second-order valence-corrected chi connectivity index (χ2v) is 3.36. The molecule has 0 aliphatic carbocycles. The molecule has 0 saturated heterocycles. The molecule has 1 aromatic carbocycles. The lowest BCUT2D eigenvalue weighted by Gasteiger charge is -2.07. The molecular weight excluding hydrogens is 190 g/mol. The van der Waals surface area contributed by atoms with E-state index in [9.17, 15) is 5.11 Å². The summed E-state index contributed by atoms with van der Waals surface area (Å²) in [6.07, 6.45) is 0.818. The van der Waals surface area contributed by atoms with Gasteiger partial charge in [0.2, 0.25) is 0 Å². The Morgan fingerprint density at radius 3 is 2.60 bits per heavy atom. The van der Waals surface area contributed by atoms with E-state index in [0.717, 1.165) is 17.7 Å². The van der Waals surface area contributed by atoms with Crippen LogP contribution < -0.4 is 4.74 Å². The van der Waals surface area contributed by atoms with Gasteiger partial charge in [0.15, 0.2) is 0 Å². The topological polar surface area (TPSA) is 53.2 Å². The molecule has 1 rings (SSSR count). The number of aliphatic hydroxyl groups is 1. The molecule has 0 aliphatic heterocycles. The number of unbranched alkanes of at least 4 members (excludes halogenated alkanes) is 1. The Kier molecular flexibility index (Phi) is 4.65. The smallest absolute Gasteiger partial charge is 0.119 e. The van der Waals surface area contributed by atoms with Gasteiger partial charge in [0.1, 0.15) is 5.75 Å². The van der Waals surface area contributed by atoms with Crippen LogP contribution in [-0.2, 0) is 0 Å². The largest absolute Gasteiger partial charge is 0.494 e. The Hall–Kier alpha value is -1.53. The molecule has 15 heavy (non-hydrogen) atoms. The normalized spacial score (nSPS) is 11.8. The highest BCUT2D eigenvalue weighted by molar-refractivity contribution is 5.28. The van der Waals surface area contributed by atoms with Crippen molar-refractivity contribution in [2.45, 2.75) is 25.9 Å². The van der Waals surface area contributed by atoms with E-state index in [2.05, 4.69) is 6.07 Å². The summed E-state index contributed by atoms with van der Waals surface area (Å²) < 4.78 is 5.41. The van der Waals surface area contributed by atoms with Gasteiger partial charge >= 0.3 is 0 Å². The molecule has 0 aromatic heterocycles. The van der Waals surface area contributed by atoms with Crippen LogP contribution >= 0.6 is 0 Å². The Labute approximate surface area is 89.9 Å². The summed E-state index contributed by atoms with van der Waals surface area (Å²) in [5, 5.41) is 17.6. The molecule has 1 atom stereocenters. The van der Waals surface area contributed by atoms with E-state index in [-0.39, 0.29) is 0 Å². The standard InChI is InChI=1S/C12H15NO2/c1-10(14)11-4-6-12(7-5-11)15-9-3-2-8-13/h4-7,10,14H,2-3,9H2,1H3. The van der Waals surface area contributed by atoms with Gasteiger partial charge in [-0.2, -0.15) is 5.26 Å². The molecule has 0 amide bonds. The number of benzene rings is 1. The third-order valence-corrected chi connectivity index (χ3v) is 2.06. The zero-order chi connectivity index (χ0) is 11.1. The van der Waals surface area contributed by atoms with Gasteiger partial charge < -0.3 is 9.84 Å². The minimum absolute atomic E-state index is 0.447. The molecule has 3 nitrogen and oxygen atoms in total. The van der Waals surface area contributed by atoms with E-state index in [1.165, 1.54) is 0 Å². The van der Waals surface area contributed by atoms with Crippen molar-refractivity contribution in [3.8, 4) is 11.8 Å². The van der Waals surface area contributed by atoms with Crippen molar-refractivity contribution in [1.29, 1.82) is 5.26 Å². The molecule has 0 spiro atoms. The lowest BCUT2D eigenvalue weighted by Crippen LogP contribution is -1.97. The first kappa shape index (κ1) is 11.5. The summed E-state index contributed by atoms with van der Waals surface area (Å²) >= 11 is 0. The molecule has 0 bridgehead atoms. The van der Waals surface area contributed by atoms with Gasteiger partial charge in [-0.15, -0.1) is 0 Å². The zero-order valence-electron chi connectivity index (χ0n) is 8.81. The lowest BCUT2D eigenvalue weighted by atomic mass is 10.1. The highest BCUT2D eigenvalue weighted by Gasteiger charge is 2.00. The summed E-state index contributed by atoms with van der Waals surface area (Å²) in [7, 11) is 0. The first-order valence-electron chi connectivity index (χ1n) is 5.02. The van der Waals surface area contributed by atoms with E-state index in [0.29, 0.717) is 13.0 Å². The maximum atomic E-state index is 9.28. The van der Waals surface area contributed by atoms with Crippen molar-refractivity contribution in [3.63, 3.8) is 0 Å². The van der Waals surface area contributed by atoms with Crippen LogP contribution in [0.1, 0.15) is 31.4 Å². The van der Waals surface area contributed by atoms with Crippen LogP contribution in [0.4, 0.5) is 0 Å². The first-order valence-corrected chi connectivity index (χ1v) is 5.02. The molecule has 1 N–H and O–H groups in total. The van der Waals surface area contributed by atoms with Crippen LogP contribution in [0.3, 0.4) is 0 Å². The highest BCUT2D eigenvalue weighted by Crippen LogP contribution is 2.17. The van der Waals surface area contributed by atoms with E-state index >= 15 is 0 Å². The van der Waals surface area contributed by atoms with Gasteiger partial charge in [0.05, 0.1) is 18.8 Å². The van der Waals surface area contributed by atoms with Crippen molar-refractivity contribution in [1.82, 2.24) is 0 Å². The van der Waals surface area contributed by atoms with Crippen LogP contribution in [-0.4, -0.2) is 11.7 Å². The fourth-order valence-electron chi connectivity index (χ4n) is 1.18. The average Bonchev–Trinajstić information content (AvgIpc) is 2.25. The second kappa shape index (κ2) is 6.05. The van der Waals surface area contributed by atoms with Gasteiger partial charge in [-0.1, -0.05) is 12.1 Å². The molecule has 0 saturated carbocycles. The Morgan fingerprint density at radius 1 is 1.40 bits per heavy atom. The van der Waals surface area contributed by atoms with Gasteiger partial charge in [0, 0.05) is 6.42 Å². The highest BCUT2D eigenvalue weighted by atomic mass is 16.5. The van der Waals surface area contributed by atoms with Crippen molar-refractivity contribution in [2.24, 2.45) is 0 Å². The number of nitriles is 1. The number of ether oxygens (including phenoxy) is 1. The van der Waals surface area contributed by atoms with Crippen LogP contribution in [0.2, 0.25) is 0 Å². The third kappa shape index (κ3) is 4.01. The summed E-state index contributed by atoms with van der Waals surface area (Å²) in [4.78, 5) is 0. The summed E-state index contributed by atoms with van der Waals surface area (Å²) in [6, 6.07) is 9.40. The van der Waals surface area contributed by atoms with E-state index in [1.807, 2.05) is 24.3 Å². The molecule has 0 heterocycles. The molecular formula is C12H15NO2. The molecule has 80 valence electrons. The Balaban J connectivity index is 2.40. The number of nitrogens with zero attached hydrogens (tertiary/aromatic N) is 1. The summed E-state index contributed by atoms with van der Waals surface area (Å²) in [6.45, 7) is 2.28. The number of hydrogen-bond acceptors (Lipinski definition) is 3.